The first-order valence-corrected chi connectivity index (χ1v) is 7.67. The Morgan fingerprint density at radius 1 is 1.33 bits per heavy atom. The first-order valence-electron chi connectivity index (χ1n) is 6.87. The predicted octanol–water partition coefficient (Wildman–Crippen LogP) is 3.73. The summed E-state index contributed by atoms with van der Waals surface area (Å²) in [5, 5.41) is 11.8. The molecule has 2 rings (SSSR count). The molecule has 1 aromatic rings. The Hall–Kier alpha value is -1.43. The van der Waals surface area contributed by atoms with E-state index in [1.807, 2.05) is 0 Å². The molecule has 21 heavy (non-hydrogen) atoms. The second-order valence-electron chi connectivity index (χ2n) is 5.47. The first kappa shape index (κ1) is 15.9. The monoisotopic (exact) mass is 357 g/mol. The number of halogens is 2. The zero-order valence-corrected chi connectivity index (χ0v) is 13.2. The summed E-state index contributed by atoms with van der Waals surface area (Å²) in [4.78, 5) is 23.3. The van der Waals surface area contributed by atoms with E-state index in [4.69, 9.17) is 5.11 Å². The third-order valence-corrected chi connectivity index (χ3v) is 4.53. The lowest BCUT2D eigenvalue weighted by atomic mass is 9.81. The normalized spacial score (nSPS) is 21.9. The van der Waals surface area contributed by atoms with E-state index in [1.165, 1.54) is 12.1 Å². The predicted molar refractivity (Wildman–Crippen MR) is 80.6 cm³/mol. The van der Waals surface area contributed by atoms with E-state index < -0.39 is 11.9 Å². The second kappa shape index (κ2) is 6.56. The molecule has 1 aliphatic carbocycles. The molecule has 1 saturated carbocycles. The van der Waals surface area contributed by atoms with Crippen LogP contribution in [0.15, 0.2) is 16.6 Å². The van der Waals surface area contributed by atoms with E-state index in [2.05, 4.69) is 21.2 Å². The Kier molecular flexibility index (Phi) is 4.98. The highest BCUT2D eigenvalue weighted by Crippen LogP contribution is 2.31. The standard InChI is InChI=1S/C15H17BrFNO3/c1-8-5-12(17)11(16)7-13(8)18-14(19)9-3-2-4-10(6-9)15(20)21/h5,7,9-10H,2-4,6H2,1H3,(H,18,19)(H,20,21). The molecule has 0 radical (unpaired) electrons. The lowest BCUT2D eigenvalue weighted by Crippen LogP contribution is -2.31. The fraction of sp³-hybridized carbons (Fsp3) is 0.467. The molecule has 2 atom stereocenters. The summed E-state index contributed by atoms with van der Waals surface area (Å²) in [5.74, 6) is -2.16. The molecule has 4 nitrogen and oxygen atoms in total. The number of nitrogens with one attached hydrogen (secondary N) is 1. The number of aryl methyl sites for hydroxylation is 1. The summed E-state index contributed by atoms with van der Waals surface area (Å²) in [5.41, 5.74) is 1.18. The van der Waals surface area contributed by atoms with E-state index >= 15 is 0 Å². The van der Waals surface area contributed by atoms with Crippen LogP contribution >= 0.6 is 15.9 Å². The highest BCUT2D eigenvalue weighted by molar-refractivity contribution is 9.10. The van der Waals surface area contributed by atoms with Crippen molar-refractivity contribution in [2.45, 2.75) is 32.6 Å². The van der Waals surface area contributed by atoms with E-state index in [9.17, 15) is 14.0 Å². The minimum atomic E-state index is -0.840. The summed E-state index contributed by atoms with van der Waals surface area (Å²) in [6, 6.07) is 2.88. The van der Waals surface area contributed by atoms with Gasteiger partial charge in [-0.3, -0.25) is 9.59 Å². The van der Waals surface area contributed by atoms with E-state index in [0.29, 0.717) is 30.5 Å². The Morgan fingerprint density at radius 2 is 2.00 bits per heavy atom. The molecular weight excluding hydrogens is 341 g/mol. The Balaban J connectivity index is 2.07. The van der Waals surface area contributed by atoms with Crippen LogP contribution in [0, 0.1) is 24.6 Å². The Labute approximate surface area is 130 Å². The van der Waals surface area contributed by atoms with Crippen LogP contribution in [0.4, 0.5) is 10.1 Å². The van der Waals surface area contributed by atoms with Crippen LogP contribution in [0.25, 0.3) is 0 Å². The van der Waals surface area contributed by atoms with Gasteiger partial charge in [-0.2, -0.15) is 0 Å². The molecule has 0 aliphatic heterocycles. The van der Waals surface area contributed by atoms with Crippen molar-refractivity contribution < 1.29 is 19.1 Å². The van der Waals surface area contributed by atoms with Crippen LogP contribution in [0.5, 0.6) is 0 Å². The number of amides is 1. The van der Waals surface area contributed by atoms with Crippen LogP contribution in [0.1, 0.15) is 31.2 Å². The van der Waals surface area contributed by atoms with Crippen molar-refractivity contribution in [3.63, 3.8) is 0 Å². The number of rotatable bonds is 3. The second-order valence-corrected chi connectivity index (χ2v) is 6.32. The molecule has 0 saturated heterocycles. The van der Waals surface area contributed by atoms with E-state index in [0.717, 1.165) is 6.42 Å². The SMILES string of the molecule is Cc1cc(F)c(Br)cc1NC(=O)C1CCCC(C(=O)O)C1. The molecule has 114 valence electrons. The quantitative estimate of drug-likeness (QED) is 0.865. The number of carbonyl (C=O) groups excluding carboxylic acids is 1. The molecule has 0 bridgehead atoms. The number of hydrogen-bond donors (Lipinski definition) is 2. The van der Waals surface area contributed by atoms with Crippen molar-refractivity contribution in [3.05, 3.63) is 28.0 Å². The summed E-state index contributed by atoms with van der Waals surface area (Å²) in [6.07, 6.45) is 2.42. The smallest absolute Gasteiger partial charge is 0.306 e. The molecule has 6 heteroatoms. The Morgan fingerprint density at radius 3 is 2.67 bits per heavy atom. The van der Waals surface area contributed by atoms with Crippen molar-refractivity contribution in [1.82, 2.24) is 0 Å². The summed E-state index contributed by atoms with van der Waals surface area (Å²) in [6.45, 7) is 1.71. The van der Waals surface area contributed by atoms with Gasteiger partial charge in [0.05, 0.1) is 10.4 Å². The number of anilines is 1. The number of hydrogen-bond acceptors (Lipinski definition) is 2. The number of carboxylic acids is 1. The van der Waals surface area contributed by atoms with Gasteiger partial charge < -0.3 is 10.4 Å². The third kappa shape index (κ3) is 3.81. The van der Waals surface area contributed by atoms with Crippen molar-refractivity contribution in [2.75, 3.05) is 5.32 Å². The lowest BCUT2D eigenvalue weighted by molar-refractivity contribution is -0.143. The van der Waals surface area contributed by atoms with Gasteiger partial charge in [-0.05, 0) is 59.8 Å². The average molecular weight is 358 g/mol. The zero-order valence-electron chi connectivity index (χ0n) is 11.7. The molecule has 1 fully saturated rings. The fourth-order valence-corrected chi connectivity index (χ4v) is 3.01. The number of carbonyl (C=O) groups is 2. The number of benzene rings is 1. The number of aliphatic carboxylic acids is 1. The zero-order chi connectivity index (χ0) is 15.6. The highest BCUT2D eigenvalue weighted by atomic mass is 79.9. The fourth-order valence-electron chi connectivity index (χ4n) is 2.67. The van der Waals surface area contributed by atoms with Gasteiger partial charge in [-0.1, -0.05) is 6.42 Å². The van der Waals surface area contributed by atoms with Gasteiger partial charge in [-0.25, -0.2) is 4.39 Å². The minimum Gasteiger partial charge on any atom is -0.481 e. The van der Waals surface area contributed by atoms with Crippen molar-refractivity contribution in [3.8, 4) is 0 Å². The molecular formula is C15H17BrFNO3. The maximum Gasteiger partial charge on any atom is 0.306 e. The maximum atomic E-state index is 13.4. The van der Waals surface area contributed by atoms with Crippen LogP contribution in [0.3, 0.4) is 0 Å². The van der Waals surface area contributed by atoms with Gasteiger partial charge in [0.1, 0.15) is 5.82 Å². The topological polar surface area (TPSA) is 66.4 Å². The average Bonchev–Trinajstić information content (AvgIpc) is 2.44. The van der Waals surface area contributed by atoms with Gasteiger partial charge in [0.2, 0.25) is 5.91 Å². The van der Waals surface area contributed by atoms with Gasteiger partial charge in [0.25, 0.3) is 0 Å². The van der Waals surface area contributed by atoms with Crippen molar-refractivity contribution in [1.29, 1.82) is 0 Å². The molecule has 1 amide bonds. The molecule has 1 aromatic carbocycles. The molecule has 0 spiro atoms. The van der Waals surface area contributed by atoms with Gasteiger partial charge in [0, 0.05) is 11.6 Å². The first-order chi connectivity index (χ1) is 9.88. The molecule has 0 heterocycles. The molecule has 0 aromatic heterocycles. The van der Waals surface area contributed by atoms with Crippen LogP contribution in [-0.2, 0) is 9.59 Å². The highest BCUT2D eigenvalue weighted by Gasteiger charge is 2.31. The lowest BCUT2D eigenvalue weighted by Gasteiger charge is -2.26. The molecule has 2 N–H and O–H groups in total. The molecule has 1 aliphatic rings. The summed E-state index contributed by atoms with van der Waals surface area (Å²) < 4.78 is 13.7. The maximum absolute atomic E-state index is 13.4. The van der Waals surface area contributed by atoms with Gasteiger partial charge in [-0.15, -0.1) is 0 Å². The van der Waals surface area contributed by atoms with Crippen LogP contribution < -0.4 is 5.32 Å². The third-order valence-electron chi connectivity index (χ3n) is 3.92. The minimum absolute atomic E-state index is 0.192. The largest absolute Gasteiger partial charge is 0.481 e. The Bertz CT molecular complexity index is 576. The molecule has 2 unspecified atom stereocenters. The number of carboxylic acid groups (broad SMARTS) is 1. The van der Waals surface area contributed by atoms with Gasteiger partial charge in [0.15, 0.2) is 0 Å². The van der Waals surface area contributed by atoms with E-state index in [1.54, 1.807) is 6.92 Å². The van der Waals surface area contributed by atoms with Gasteiger partial charge >= 0.3 is 5.97 Å². The van der Waals surface area contributed by atoms with Crippen molar-refractivity contribution in [2.24, 2.45) is 11.8 Å². The van der Waals surface area contributed by atoms with Crippen LogP contribution in [-0.4, -0.2) is 17.0 Å². The summed E-state index contributed by atoms with van der Waals surface area (Å²) >= 11 is 3.09. The van der Waals surface area contributed by atoms with Crippen molar-refractivity contribution >= 4 is 33.5 Å². The van der Waals surface area contributed by atoms with Crippen LogP contribution in [0.2, 0.25) is 0 Å². The van der Waals surface area contributed by atoms with E-state index in [-0.39, 0.29) is 22.1 Å². The summed E-state index contributed by atoms with van der Waals surface area (Å²) in [7, 11) is 0.